The average Bonchev–Trinajstić information content (AvgIpc) is 2.92. The van der Waals surface area contributed by atoms with Crippen molar-refractivity contribution >= 4 is 9.84 Å². The molecule has 0 aliphatic heterocycles. The highest BCUT2D eigenvalue weighted by molar-refractivity contribution is 7.91. The molecule has 0 radical (unpaired) electrons. The minimum absolute atomic E-state index is 0.00825. The van der Waals surface area contributed by atoms with Gasteiger partial charge in [-0.15, -0.1) is 0 Å². The number of sulfone groups is 1. The number of halogens is 2. The first kappa shape index (κ1) is 17.0. The summed E-state index contributed by atoms with van der Waals surface area (Å²) in [5, 5.41) is 9.52. The van der Waals surface area contributed by atoms with Gasteiger partial charge in [0.1, 0.15) is 11.6 Å². The first-order chi connectivity index (χ1) is 11.3. The monoisotopic (exact) mass is 352 g/mol. The third-order valence-corrected chi connectivity index (χ3v) is 6.32. The Hall–Kier alpha value is -1.79. The van der Waals surface area contributed by atoms with Gasteiger partial charge in [0.05, 0.1) is 16.8 Å². The standard InChI is InChI=1S/C18H18F2O3S/c19-14-4-8-17(18(20)10-14)13-2-6-16(7-3-13)24(22,23)11-12-1-5-15(21)9-12/h2-4,6-8,10,12,15,21H,1,5,9,11H2/t12?,15-/m1/s1. The molecular formula is C18H18F2O3S. The Balaban J connectivity index is 1.81. The maximum atomic E-state index is 13.8. The lowest BCUT2D eigenvalue weighted by Crippen LogP contribution is -2.15. The number of hydrogen-bond donors (Lipinski definition) is 1. The largest absolute Gasteiger partial charge is 0.393 e. The Morgan fingerprint density at radius 1 is 1.04 bits per heavy atom. The van der Waals surface area contributed by atoms with Crippen molar-refractivity contribution in [3.8, 4) is 11.1 Å². The zero-order valence-corrected chi connectivity index (χ0v) is 13.8. The van der Waals surface area contributed by atoms with E-state index in [0.29, 0.717) is 24.8 Å². The van der Waals surface area contributed by atoms with Crippen molar-refractivity contribution in [1.82, 2.24) is 0 Å². The Labute approximate surface area is 139 Å². The molecule has 3 nitrogen and oxygen atoms in total. The summed E-state index contributed by atoms with van der Waals surface area (Å²) < 4.78 is 51.7. The van der Waals surface area contributed by atoms with E-state index in [0.717, 1.165) is 12.1 Å². The van der Waals surface area contributed by atoms with Crippen LogP contribution in [0, 0.1) is 17.6 Å². The molecule has 3 rings (SSSR count). The summed E-state index contributed by atoms with van der Waals surface area (Å²) in [5.74, 6) is -1.37. The molecular weight excluding hydrogens is 334 g/mol. The molecule has 2 aromatic rings. The molecule has 0 heterocycles. The van der Waals surface area contributed by atoms with Gasteiger partial charge < -0.3 is 5.11 Å². The normalized spacial score (nSPS) is 21.1. The van der Waals surface area contributed by atoms with E-state index < -0.39 is 27.6 Å². The van der Waals surface area contributed by atoms with Crippen LogP contribution >= 0.6 is 0 Å². The van der Waals surface area contributed by atoms with Gasteiger partial charge in [-0.2, -0.15) is 0 Å². The van der Waals surface area contributed by atoms with Gasteiger partial charge >= 0.3 is 0 Å². The molecule has 0 amide bonds. The van der Waals surface area contributed by atoms with E-state index in [1.165, 1.54) is 30.3 Å². The minimum atomic E-state index is -3.45. The number of benzene rings is 2. The van der Waals surface area contributed by atoms with Crippen molar-refractivity contribution in [2.24, 2.45) is 5.92 Å². The van der Waals surface area contributed by atoms with Crippen LogP contribution in [0.25, 0.3) is 11.1 Å². The van der Waals surface area contributed by atoms with Crippen molar-refractivity contribution in [2.75, 3.05) is 5.75 Å². The first-order valence-electron chi connectivity index (χ1n) is 7.81. The Kier molecular flexibility index (Phi) is 4.69. The van der Waals surface area contributed by atoms with Crippen molar-refractivity contribution in [2.45, 2.75) is 30.3 Å². The smallest absolute Gasteiger partial charge is 0.178 e. The maximum Gasteiger partial charge on any atom is 0.178 e. The van der Waals surface area contributed by atoms with Crippen molar-refractivity contribution in [1.29, 1.82) is 0 Å². The van der Waals surface area contributed by atoms with Crippen LogP contribution in [-0.4, -0.2) is 25.4 Å². The fourth-order valence-electron chi connectivity index (χ4n) is 3.17. The summed E-state index contributed by atoms with van der Waals surface area (Å²) >= 11 is 0. The molecule has 1 unspecified atom stereocenters. The molecule has 1 saturated carbocycles. The third-order valence-electron chi connectivity index (χ3n) is 4.42. The molecule has 6 heteroatoms. The van der Waals surface area contributed by atoms with E-state index in [1.807, 2.05) is 0 Å². The van der Waals surface area contributed by atoms with Crippen molar-refractivity contribution in [3.05, 3.63) is 54.1 Å². The summed E-state index contributed by atoms with van der Waals surface area (Å²) in [5.41, 5.74) is 0.710. The van der Waals surface area contributed by atoms with Crippen LogP contribution in [0.3, 0.4) is 0 Å². The number of aliphatic hydroxyl groups is 1. The first-order valence-corrected chi connectivity index (χ1v) is 9.47. The number of rotatable bonds is 4. The highest BCUT2D eigenvalue weighted by Gasteiger charge is 2.28. The van der Waals surface area contributed by atoms with Crippen LogP contribution in [0.15, 0.2) is 47.4 Å². The van der Waals surface area contributed by atoms with Gasteiger partial charge in [-0.3, -0.25) is 0 Å². The molecule has 1 aliphatic carbocycles. The van der Waals surface area contributed by atoms with E-state index in [1.54, 1.807) is 0 Å². The van der Waals surface area contributed by atoms with Crippen LogP contribution in [0.1, 0.15) is 19.3 Å². The molecule has 0 bridgehead atoms. The Bertz CT molecular complexity index is 832. The molecule has 2 atom stereocenters. The summed E-state index contributed by atoms with van der Waals surface area (Å²) in [4.78, 5) is 0.176. The quantitative estimate of drug-likeness (QED) is 0.915. The molecule has 1 aliphatic rings. The van der Waals surface area contributed by atoms with Gasteiger partial charge in [0.15, 0.2) is 9.84 Å². The van der Waals surface area contributed by atoms with Gasteiger partial charge in [0.2, 0.25) is 0 Å². The molecule has 2 aromatic carbocycles. The molecule has 128 valence electrons. The molecule has 0 saturated heterocycles. The van der Waals surface area contributed by atoms with Gasteiger partial charge in [0, 0.05) is 11.6 Å². The summed E-state index contributed by atoms with van der Waals surface area (Å²) in [6, 6.07) is 9.21. The van der Waals surface area contributed by atoms with Crippen LogP contribution in [0.4, 0.5) is 8.78 Å². The topological polar surface area (TPSA) is 54.4 Å². The van der Waals surface area contributed by atoms with Crippen LogP contribution in [0.2, 0.25) is 0 Å². The third kappa shape index (κ3) is 3.65. The minimum Gasteiger partial charge on any atom is -0.393 e. The molecule has 1 fully saturated rings. The van der Waals surface area contributed by atoms with Gasteiger partial charge in [-0.25, -0.2) is 17.2 Å². The predicted octanol–water partition coefficient (Wildman–Crippen LogP) is 3.57. The van der Waals surface area contributed by atoms with Gasteiger partial charge in [0.25, 0.3) is 0 Å². The highest BCUT2D eigenvalue weighted by Crippen LogP contribution is 2.30. The lowest BCUT2D eigenvalue weighted by Gasteiger charge is -2.11. The molecule has 0 aromatic heterocycles. The number of aliphatic hydroxyl groups excluding tert-OH is 1. The van der Waals surface area contributed by atoms with E-state index >= 15 is 0 Å². The molecule has 1 N–H and O–H groups in total. The van der Waals surface area contributed by atoms with Crippen LogP contribution < -0.4 is 0 Å². The maximum absolute atomic E-state index is 13.8. The fourth-order valence-corrected chi connectivity index (χ4v) is 4.84. The number of hydrogen-bond acceptors (Lipinski definition) is 3. The second-order valence-corrected chi connectivity index (χ2v) is 8.30. The van der Waals surface area contributed by atoms with Crippen LogP contribution in [0.5, 0.6) is 0 Å². The van der Waals surface area contributed by atoms with Crippen LogP contribution in [-0.2, 0) is 9.84 Å². The lowest BCUT2D eigenvalue weighted by molar-refractivity contribution is 0.179. The Morgan fingerprint density at radius 3 is 2.33 bits per heavy atom. The van der Waals surface area contributed by atoms with E-state index in [2.05, 4.69) is 0 Å². The van der Waals surface area contributed by atoms with Gasteiger partial charge in [-0.05, 0) is 55.0 Å². The zero-order valence-electron chi connectivity index (χ0n) is 13.0. The van der Waals surface area contributed by atoms with E-state index in [4.69, 9.17) is 0 Å². The highest BCUT2D eigenvalue weighted by atomic mass is 32.2. The van der Waals surface area contributed by atoms with E-state index in [9.17, 15) is 22.3 Å². The average molecular weight is 352 g/mol. The zero-order chi connectivity index (χ0) is 17.3. The lowest BCUT2D eigenvalue weighted by atomic mass is 10.1. The summed E-state index contributed by atoms with van der Waals surface area (Å²) in [6.07, 6.45) is 1.45. The molecule has 0 spiro atoms. The summed E-state index contributed by atoms with van der Waals surface area (Å²) in [6.45, 7) is 0. The summed E-state index contributed by atoms with van der Waals surface area (Å²) in [7, 11) is -3.45. The van der Waals surface area contributed by atoms with Gasteiger partial charge in [-0.1, -0.05) is 12.1 Å². The van der Waals surface area contributed by atoms with E-state index in [-0.39, 0.29) is 22.1 Å². The Morgan fingerprint density at radius 2 is 1.75 bits per heavy atom. The second-order valence-electron chi connectivity index (χ2n) is 6.26. The van der Waals surface area contributed by atoms with Crippen molar-refractivity contribution < 1.29 is 22.3 Å². The SMILES string of the molecule is O=S(=O)(CC1CC[C@@H](O)C1)c1ccc(-c2ccc(F)cc2F)cc1. The fraction of sp³-hybridized carbons (Fsp3) is 0.333. The second kappa shape index (κ2) is 6.61. The predicted molar refractivity (Wildman–Crippen MR) is 87.2 cm³/mol. The van der Waals surface area contributed by atoms with Crippen molar-refractivity contribution in [3.63, 3.8) is 0 Å². The molecule has 24 heavy (non-hydrogen) atoms.